The van der Waals surface area contributed by atoms with Crippen molar-refractivity contribution in [2.45, 2.75) is 25.8 Å². The molecular formula is C18H23N3O3S2. The SMILES string of the molecule is Cc1ccc(-c2nc(CC(=O)N(C3CCS(=O)(=O)C3)N(C)C)cs2)cc1. The number of benzene rings is 1. The van der Waals surface area contributed by atoms with E-state index in [0.29, 0.717) is 12.1 Å². The van der Waals surface area contributed by atoms with Crippen LogP contribution in [0.1, 0.15) is 17.7 Å². The summed E-state index contributed by atoms with van der Waals surface area (Å²) < 4.78 is 23.5. The number of nitrogens with zero attached hydrogens (tertiary/aromatic N) is 3. The minimum absolute atomic E-state index is 0.0304. The summed E-state index contributed by atoms with van der Waals surface area (Å²) in [5.74, 6) is 0.0458. The van der Waals surface area contributed by atoms with E-state index in [2.05, 4.69) is 4.98 Å². The lowest BCUT2D eigenvalue weighted by Crippen LogP contribution is -2.50. The van der Waals surface area contributed by atoms with Crippen molar-refractivity contribution in [2.75, 3.05) is 25.6 Å². The van der Waals surface area contributed by atoms with Gasteiger partial charge >= 0.3 is 0 Å². The van der Waals surface area contributed by atoms with Gasteiger partial charge in [-0.15, -0.1) is 11.3 Å². The molecule has 1 amide bonds. The lowest BCUT2D eigenvalue weighted by Gasteiger charge is -2.33. The van der Waals surface area contributed by atoms with Crippen molar-refractivity contribution < 1.29 is 13.2 Å². The highest BCUT2D eigenvalue weighted by Gasteiger charge is 2.36. The average Bonchev–Trinajstić information content (AvgIpc) is 3.14. The third-order valence-electron chi connectivity index (χ3n) is 4.42. The van der Waals surface area contributed by atoms with Crippen molar-refractivity contribution in [2.24, 2.45) is 0 Å². The van der Waals surface area contributed by atoms with Gasteiger partial charge in [-0.2, -0.15) is 0 Å². The lowest BCUT2D eigenvalue weighted by molar-refractivity contribution is -0.148. The zero-order valence-electron chi connectivity index (χ0n) is 15.2. The summed E-state index contributed by atoms with van der Waals surface area (Å²) in [4.78, 5) is 17.4. The molecule has 1 saturated heterocycles. The van der Waals surface area contributed by atoms with Gasteiger partial charge < -0.3 is 0 Å². The molecule has 1 aliphatic rings. The largest absolute Gasteiger partial charge is 0.273 e. The molecule has 0 N–H and O–H groups in total. The van der Waals surface area contributed by atoms with Gasteiger partial charge in [0.05, 0.1) is 29.7 Å². The van der Waals surface area contributed by atoms with E-state index in [1.54, 1.807) is 24.1 Å². The molecule has 1 fully saturated rings. The Balaban J connectivity index is 1.73. The zero-order chi connectivity index (χ0) is 18.9. The maximum atomic E-state index is 12.8. The van der Waals surface area contributed by atoms with Crippen LogP contribution in [0.3, 0.4) is 0 Å². The molecule has 1 unspecified atom stereocenters. The number of hydrazine groups is 1. The van der Waals surface area contributed by atoms with Crippen LogP contribution in [0.15, 0.2) is 29.6 Å². The Bertz CT molecular complexity index is 889. The number of carbonyl (C=O) groups is 1. The molecule has 6 nitrogen and oxygen atoms in total. The normalized spacial score (nSPS) is 19.0. The van der Waals surface area contributed by atoms with E-state index >= 15 is 0 Å². The molecule has 0 spiro atoms. The van der Waals surface area contributed by atoms with Gasteiger partial charge in [-0.25, -0.2) is 18.4 Å². The van der Waals surface area contributed by atoms with Gasteiger partial charge in [0.1, 0.15) is 5.01 Å². The summed E-state index contributed by atoms with van der Waals surface area (Å²) in [5.41, 5.74) is 2.93. The Kier molecular flexibility index (Phi) is 5.45. The minimum Gasteiger partial charge on any atom is -0.273 e. The van der Waals surface area contributed by atoms with Crippen LogP contribution in [0.25, 0.3) is 10.6 Å². The molecule has 140 valence electrons. The highest BCUT2D eigenvalue weighted by Crippen LogP contribution is 2.25. The first-order chi connectivity index (χ1) is 12.2. The second kappa shape index (κ2) is 7.46. The summed E-state index contributed by atoms with van der Waals surface area (Å²) in [6, 6.07) is 7.83. The predicted octanol–water partition coefficient (Wildman–Crippen LogP) is 2.15. The number of rotatable bonds is 5. The smallest absolute Gasteiger partial charge is 0.243 e. The molecule has 2 heterocycles. The van der Waals surface area contributed by atoms with E-state index in [0.717, 1.165) is 10.6 Å². The molecule has 0 radical (unpaired) electrons. The Morgan fingerprint density at radius 3 is 2.54 bits per heavy atom. The van der Waals surface area contributed by atoms with Gasteiger partial charge in [-0.1, -0.05) is 29.8 Å². The maximum absolute atomic E-state index is 12.8. The molecular weight excluding hydrogens is 370 g/mol. The third-order valence-corrected chi connectivity index (χ3v) is 7.11. The maximum Gasteiger partial charge on any atom is 0.243 e. The van der Waals surface area contributed by atoms with E-state index in [1.807, 2.05) is 36.6 Å². The summed E-state index contributed by atoms with van der Waals surface area (Å²) in [6.45, 7) is 2.04. The zero-order valence-corrected chi connectivity index (χ0v) is 16.8. The van der Waals surface area contributed by atoms with Crippen LogP contribution < -0.4 is 0 Å². The van der Waals surface area contributed by atoms with Crippen molar-refractivity contribution in [1.82, 2.24) is 15.0 Å². The standard InChI is InChI=1S/C18H23N3O3S2/c1-13-4-6-14(7-5-13)18-19-15(11-25-18)10-17(22)21(20(2)3)16-8-9-26(23,24)12-16/h4-7,11,16H,8-10,12H2,1-3H3. The van der Waals surface area contributed by atoms with Gasteiger partial charge in [0.2, 0.25) is 5.91 Å². The van der Waals surface area contributed by atoms with Crippen molar-refractivity contribution in [3.8, 4) is 10.6 Å². The van der Waals surface area contributed by atoms with E-state index in [4.69, 9.17) is 0 Å². The van der Waals surface area contributed by atoms with Crippen LogP contribution in [-0.2, 0) is 21.1 Å². The Morgan fingerprint density at radius 1 is 1.27 bits per heavy atom. The van der Waals surface area contributed by atoms with Gasteiger partial charge in [-0.3, -0.25) is 9.80 Å². The summed E-state index contributed by atoms with van der Waals surface area (Å²) >= 11 is 1.51. The Hall–Kier alpha value is -1.77. The quantitative estimate of drug-likeness (QED) is 0.728. The molecule has 3 rings (SSSR count). The second-order valence-electron chi connectivity index (χ2n) is 6.83. The van der Waals surface area contributed by atoms with E-state index < -0.39 is 9.84 Å². The molecule has 2 aromatic rings. The molecule has 1 aromatic heterocycles. The first-order valence-electron chi connectivity index (χ1n) is 8.46. The van der Waals surface area contributed by atoms with Gasteiger partial charge in [-0.05, 0) is 13.3 Å². The minimum atomic E-state index is -3.05. The molecule has 0 bridgehead atoms. The van der Waals surface area contributed by atoms with Gasteiger partial charge in [0.25, 0.3) is 0 Å². The summed E-state index contributed by atoms with van der Waals surface area (Å²) in [5, 5.41) is 6.02. The third kappa shape index (κ3) is 4.31. The number of sulfone groups is 1. The first kappa shape index (κ1) is 19.0. The highest BCUT2D eigenvalue weighted by molar-refractivity contribution is 7.91. The monoisotopic (exact) mass is 393 g/mol. The van der Waals surface area contributed by atoms with Crippen molar-refractivity contribution in [3.63, 3.8) is 0 Å². The predicted molar refractivity (Wildman–Crippen MR) is 104 cm³/mol. The Labute approximate surface area is 158 Å². The summed E-state index contributed by atoms with van der Waals surface area (Å²) in [6.07, 6.45) is 0.648. The number of thiazole rings is 1. The van der Waals surface area contributed by atoms with Crippen LogP contribution >= 0.6 is 11.3 Å². The van der Waals surface area contributed by atoms with Crippen LogP contribution in [-0.4, -0.2) is 61.0 Å². The molecule has 1 aliphatic heterocycles. The number of hydrogen-bond donors (Lipinski definition) is 0. The lowest BCUT2D eigenvalue weighted by atomic mass is 10.2. The van der Waals surface area contributed by atoms with E-state index in [-0.39, 0.29) is 29.9 Å². The van der Waals surface area contributed by atoms with Gasteiger partial charge in [0.15, 0.2) is 9.84 Å². The number of amides is 1. The average molecular weight is 394 g/mol. The van der Waals surface area contributed by atoms with Crippen LogP contribution in [0.2, 0.25) is 0 Å². The van der Waals surface area contributed by atoms with Gasteiger partial charge in [0, 0.05) is 25.0 Å². The molecule has 26 heavy (non-hydrogen) atoms. The molecule has 1 atom stereocenters. The van der Waals surface area contributed by atoms with Crippen molar-refractivity contribution in [1.29, 1.82) is 0 Å². The van der Waals surface area contributed by atoms with E-state index in [9.17, 15) is 13.2 Å². The fourth-order valence-electron chi connectivity index (χ4n) is 3.17. The van der Waals surface area contributed by atoms with Crippen LogP contribution in [0.4, 0.5) is 0 Å². The van der Waals surface area contributed by atoms with Crippen molar-refractivity contribution in [3.05, 3.63) is 40.9 Å². The van der Waals surface area contributed by atoms with Crippen LogP contribution in [0, 0.1) is 6.92 Å². The van der Waals surface area contributed by atoms with E-state index in [1.165, 1.54) is 16.9 Å². The molecule has 0 saturated carbocycles. The highest BCUT2D eigenvalue weighted by atomic mass is 32.2. The second-order valence-corrected chi connectivity index (χ2v) is 9.92. The number of aromatic nitrogens is 1. The number of carbonyl (C=O) groups excluding carboxylic acids is 1. The number of aryl methyl sites for hydroxylation is 1. The van der Waals surface area contributed by atoms with Crippen LogP contribution in [0.5, 0.6) is 0 Å². The first-order valence-corrected chi connectivity index (χ1v) is 11.2. The fraction of sp³-hybridized carbons (Fsp3) is 0.444. The molecule has 1 aromatic carbocycles. The van der Waals surface area contributed by atoms with Crippen molar-refractivity contribution >= 4 is 27.1 Å². The Morgan fingerprint density at radius 2 is 1.96 bits per heavy atom. The molecule has 0 aliphatic carbocycles. The summed E-state index contributed by atoms with van der Waals surface area (Å²) in [7, 11) is 0.481. The number of hydrogen-bond acceptors (Lipinski definition) is 6. The molecule has 8 heteroatoms. The fourth-order valence-corrected chi connectivity index (χ4v) is 5.69. The topological polar surface area (TPSA) is 70.6 Å².